The van der Waals surface area contributed by atoms with Gasteiger partial charge in [-0.15, -0.1) is 0 Å². The summed E-state index contributed by atoms with van der Waals surface area (Å²) in [7, 11) is 0. The maximum atomic E-state index is 5.33. The lowest BCUT2D eigenvalue weighted by molar-refractivity contribution is 0.238. The number of fused-ring (bicyclic) bond motifs is 1. The predicted molar refractivity (Wildman–Crippen MR) is 60.9 cm³/mol. The molecule has 2 aliphatic rings. The van der Waals surface area contributed by atoms with E-state index < -0.39 is 0 Å². The molecule has 80 valence electrons. The number of thiocarbonyl (C=S) groups is 1. The van der Waals surface area contributed by atoms with E-state index in [1.807, 2.05) is 0 Å². The SMILES string of the molecule is NC(=S)OCC1C[C@H]2CCCC[C@H]2C1. The quantitative estimate of drug-likeness (QED) is 0.716. The van der Waals surface area contributed by atoms with Gasteiger partial charge in [-0.2, -0.15) is 0 Å². The van der Waals surface area contributed by atoms with Gasteiger partial charge in [0.25, 0.3) is 5.17 Å². The first-order chi connectivity index (χ1) is 6.75. The first-order valence-corrected chi connectivity index (χ1v) is 6.08. The Bertz CT molecular complexity index is 205. The highest BCUT2D eigenvalue weighted by molar-refractivity contribution is 7.80. The van der Waals surface area contributed by atoms with Crippen LogP contribution in [-0.4, -0.2) is 11.8 Å². The molecule has 3 heteroatoms. The molecule has 0 heterocycles. The molecule has 0 amide bonds. The molecule has 1 unspecified atom stereocenters. The van der Waals surface area contributed by atoms with Crippen LogP contribution in [0.1, 0.15) is 38.5 Å². The summed E-state index contributed by atoms with van der Waals surface area (Å²) in [6.45, 7) is 0.752. The van der Waals surface area contributed by atoms with Crippen LogP contribution >= 0.6 is 12.2 Å². The molecule has 2 rings (SSSR count). The molecule has 2 fully saturated rings. The minimum atomic E-state index is 0.208. The number of ether oxygens (including phenoxy) is 1. The Morgan fingerprint density at radius 3 is 2.29 bits per heavy atom. The summed E-state index contributed by atoms with van der Waals surface area (Å²) in [5, 5.41) is 0.208. The molecule has 2 saturated carbocycles. The summed E-state index contributed by atoms with van der Waals surface area (Å²) in [5.41, 5.74) is 5.33. The summed E-state index contributed by atoms with van der Waals surface area (Å²) in [6.07, 6.45) is 8.43. The average molecular weight is 213 g/mol. The third-order valence-electron chi connectivity index (χ3n) is 3.80. The third-order valence-corrected chi connectivity index (χ3v) is 3.92. The summed E-state index contributed by atoms with van der Waals surface area (Å²) < 4.78 is 5.24. The highest BCUT2D eigenvalue weighted by Crippen LogP contribution is 2.44. The normalized spacial score (nSPS) is 36.4. The van der Waals surface area contributed by atoms with Gasteiger partial charge in [0.2, 0.25) is 0 Å². The van der Waals surface area contributed by atoms with E-state index >= 15 is 0 Å². The molecule has 0 aliphatic heterocycles. The molecule has 0 radical (unpaired) electrons. The molecule has 0 spiro atoms. The maximum Gasteiger partial charge on any atom is 0.253 e. The fraction of sp³-hybridized carbons (Fsp3) is 0.909. The van der Waals surface area contributed by atoms with Crippen LogP contribution in [0.25, 0.3) is 0 Å². The minimum Gasteiger partial charge on any atom is -0.471 e. The molecule has 0 aromatic carbocycles. The minimum absolute atomic E-state index is 0.208. The topological polar surface area (TPSA) is 35.2 Å². The van der Waals surface area contributed by atoms with Crippen LogP contribution in [0.4, 0.5) is 0 Å². The van der Waals surface area contributed by atoms with Gasteiger partial charge in [-0.1, -0.05) is 25.7 Å². The second-order valence-corrected chi connectivity index (χ2v) is 5.17. The Morgan fingerprint density at radius 2 is 1.79 bits per heavy atom. The molecule has 3 atom stereocenters. The Kier molecular flexibility index (Phi) is 3.26. The van der Waals surface area contributed by atoms with Crippen LogP contribution in [-0.2, 0) is 4.74 Å². The molecule has 0 aromatic heterocycles. The van der Waals surface area contributed by atoms with Crippen molar-refractivity contribution in [2.45, 2.75) is 38.5 Å². The summed E-state index contributed by atoms with van der Waals surface area (Å²) in [4.78, 5) is 0. The van der Waals surface area contributed by atoms with Crippen molar-refractivity contribution in [3.05, 3.63) is 0 Å². The molecule has 2 nitrogen and oxygen atoms in total. The van der Waals surface area contributed by atoms with Crippen molar-refractivity contribution in [1.29, 1.82) is 0 Å². The van der Waals surface area contributed by atoms with Gasteiger partial charge in [0, 0.05) is 0 Å². The van der Waals surface area contributed by atoms with Gasteiger partial charge in [-0.05, 0) is 42.8 Å². The molecule has 0 saturated heterocycles. The number of hydrogen-bond donors (Lipinski definition) is 1. The molecular formula is C11H19NOS. The van der Waals surface area contributed by atoms with Crippen molar-refractivity contribution in [3.63, 3.8) is 0 Å². The van der Waals surface area contributed by atoms with E-state index in [0.29, 0.717) is 5.92 Å². The highest BCUT2D eigenvalue weighted by Gasteiger charge is 2.35. The second kappa shape index (κ2) is 4.47. The number of rotatable bonds is 2. The summed E-state index contributed by atoms with van der Waals surface area (Å²) in [5.74, 6) is 2.66. The number of nitrogens with two attached hydrogens (primary N) is 1. The number of hydrogen-bond acceptors (Lipinski definition) is 2. The zero-order chi connectivity index (χ0) is 9.97. The van der Waals surface area contributed by atoms with E-state index in [1.54, 1.807) is 0 Å². The van der Waals surface area contributed by atoms with Gasteiger partial charge in [-0.3, -0.25) is 0 Å². The fourth-order valence-corrected chi connectivity index (χ4v) is 3.26. The molecule has 2 aliphatic carbocycles. The summed E-state index contributed by atoms with van der Waals surface area (Å²) in [6, 6.07) is 0. The monoisotopic (exact) mass is 213 g/mol. The predicted octanol–water partition coefficient (Wildman–Crippen LogP) is 2.46. The van der Waals surface area contributed by atoms with E-state index in [-0.39, 0.29) is 5.17 Å². The molecule has 14 heavy (non-hydrogen) atoms. The molecular weight excluding hydrogens is 194 g/mol. The third kappa shape index (κ3) is 2.38. The zero-order valence-corrected chi connectivity index (χ0v) is 9.39. The lowest BCUT2D eigenvalue weighted by Gasteiger charge is -2.24. The lowest BCUT2D eigenvalue weighted by Crippen LogP contribution is -2.17. The van der Waals surface area contributed by atoms with E-state index in [1.165, 1.54) is 38.5 Å². The van der Waals surface area contributed by atoms with Gasteiger partial charge in [0.15, 0.2) is 0 Å². The highest BCUT2D eigenvalue weighted by atomic mass is 32.1. The maximum absolute atomic E-state index is 5.33. The lowest BCUT2D eigenvalue weighted by atomic mass is 9.82. The fourth-order valence-electron chi connectivity index (χ4n) is 3.19. The smallest absolute Gasteiger partial charge is 0.253 e. The zero-order valence-electron chi connectivity index (χ0n) is 8.58. The van der Waals surface area contributed by atoms with Crippen molar-refractivity contribution >= 4 is 17.4 Å². The van der Waals surface area contributed by atoms with Crippen LogP contribution in [0.3, 0.4) is 0 Å². The molecule has 0 aromatic rings. The van der Waals surface area contributed by atoms with E-state index in [4.69, 9.17) is 22.7 Å². The van der Waals surface area contributed by atoms with Gasteiger partial charge >= 0.3 is 0 Å². The van der Waals surface area contributed by atoms with Crippen LogP contribution in [0, 0.1) is 17.8 Å². The average Bonchev–Trinajstić information content (AvgIpc) is 2.57. The molecule has 2 N–H and O–H groups in total. The van der Waals surface area contributed by atoms with Crippen molar-refractivity contribution in [2.75, 3.05) is 6.61 Å². The Hall–Kier alpha value is -0.310. The summed E-state index contributed by atoms with van der Waals surface area (Å²) >= 11 is 4.71. The van der Waals surface area contributed by atoms with Crippen LogP contribution < -0.4 is 5.73 Å². The Morgan fingerprint density at radius 1 is 1.21 bits per heavy atom. The first-order valence-electron chi connectivity index (χ1n) is 5.68. The van der Waals surface area contributed by atoms with E-state index in [0.717, 1.165) is 18.4 Å². The Labute approximate surface area is 91.2 Å². The second-order valence-electron chi connectivity index (χ2n) is 4.77. The van der Waals surface area contributed by atoms with Crippen molar-refractivity contribution in [3.8, 4) is 0 Å². The van der Waals surface area contributed by atoms with Gasteiger partial charge in [-0.25, -0.2) is 0 Å². The van der Waals surface area contributed by atoms with Crippen molar-refractivity contribution in [1.82, 2.24) is 0 Å². The van der Waals surface area contributed by atoms with Crippen molar-refractivity contribution < 1.29 is 4.74 Å². The van der Waals surface area contributed by atoms with Crippen LogP contribution in [0.2, 0.25) is 0 Å². The van der Waals surface area contributed by atoms with Crippen LogP contribution in [0.15, 0.2) is 0 Å². The standard InChI is InChI=1S/C11H19NOS/c12-11(14)13-7-8-5-9-3-1-2-4-10(9)6-8/h8-10H,1-7H2,(H2,12,14)/t8?,9-,10+. The van der Waals surface area contributed by atoms with Crippen molar-refractivity contribution in [2.24, 2.45) is 23.5 Å². The van der Waals surface area contributed by atoms with Gasteiger partial charge < -0.3 is 10.5 Å². The Balaban J connectivity index is 1.78. The largest absolute Gasteiger partial charge is 0.471 e. The van der Waals surface area contributed by atoms with Gasteiger partial charge in [0.05, 0.1) is 6.61 Å². The first kappa shape index (κ1) is 10.2. The van der Waals surface area contributed by atoms with E-state index in [2.05, 4.69) is 0 Å². The van der Waals surface area contributed by atoms with Gasteiger partial charge in [0.1, 0.15) is 0 Å². The molecule has 0 bridgehead atoms. The van der Waals surface area contributed by atoms with Crippen LogP contribution in [0.5, 0.6) is 0 Å². The van der Waals surface area contributed by atoms with E-state index in [9.17, 15) is 0 Å².